The summed E-state index contributed by atoms with van der Waals surface area (Å²) in [7, 11) is 1.61. The first kappa shape index (κ1) is 23.1. The summed E-state index contributed by atoms with van der Waals surface area (Å²) in [5, 5.41) is 3.75. The van der Waals surface area contributed by atoms with Crippen molar-refractivity contribution in [1.82, 2.24) is 10.2 Å². The summed E-state index contributed by atoms with van der Waals surface area (Å²) >= 11 is 6.09. The predicted molar refractivity (Wildman–Crippen MR) is 123 cm³/mol. The molecule has 0 heterocycles. The van der Waals surface area contributed by atoms with E-state index in [-0.39, 0.29) is 24.3 Å². The fraction of sp³-hybridized carbons (Fsp3) is 0.440. The third kappa shape index (κ3) is 6.73. The Bertz CT molecular complexity index is 896. The lowest BCUT2D eigenvalue weighted by Gasteiger charge is -2.31. The lowest BCUT2D eigenvalue weighted by Crippen LogP contribution is -2.50. The van der Waals surface area contributed by atoms with E-state index < -0.39 is 6.04 Å². The van der Waals surface area contributed by atoms with Crippen LogP contribution in [0.3, 0.4) is 0 Å². The Hall–Kier alpha value is -2.53. The number of benzene rings is 2. The van der Waals surface area contributed by atoms with Crippen molar-refractivity contribution in [3.8, 4) is 5.75 Å². The fourth-order valence-electron chi connectivity index (χ4n) is 4.04. The number of hydrogen-bond donors (Lipinski definition) is 1. The lowest BCUT2D eigenvalue weighted by atomic mass is 9.95. The van der Waals surface area contributed by atoms with Gasteiger partial charge in [-0.15, -0.1) is 0 Å². The molecule has 3 rings (SSSR count). The number of nitrogens with one attached hydrogen (secondary N) is 1. The number of amides is 2. The van der Waals surface area contributed by atoms with Crippen LogP contribution in [0.2, 0.25) is 5.02 Å². The summed E-state index contributed by atoms with van der Waals surface area (Å²) in [4.78, 5) is 28.0. The molecule has 0 unspecified atom stereocenters. The van der Waals surface area contributed by atoms with Gasteiger partial charge >= 0.3 is 0 Å². The number of carbonyl (C=O) groups is 2. The fourth-order valence-corrected chi connectivity index (χ4v) is 4.25. The second kappa shape index (κ2) is 11.2. The van der Waals surface area contributed by atoms with Gasteiger partial charge in [0, 0.05) is 17.6 Å². The van der Waals surface area contributed by atoms with Gasteiger partial charge in [0.15, 0.2) is 0 Å². The summed E-state index contributed by atoms with van der Waals surface area (Å²) in [6, 6.07) is 14.5. The summed E-state index contributed by atoms with van der Waals surface area (Å²) in [5.41, 5.74) is 1.74. The van der Waals surface area contributed by atoms with Gasteiger partial charge in [-0.25, -0.2) is 0 Å². The minimum absolute atomic E-state index is 0.103. The van der Waals surface area contributed by atoms with Gasteiger partial charge in [0.2, 0.25) is 11.8 Å². The van der Waals surface area contributed by atoms with E-state index in [4.69, 9.17) is 16.3 Å². The van der Waals surface area contributed by atoms with Crippen molar-refractivity contribution in [3.05, 3.63) is 64.7 Å². The van der Waals surface area contributed by atoms with E-state index in [9.17, 15) is 9.59 Å². The standard InChI is InChI=1S/C25H31ClN2O3/c1-18(25(30)27-22-11-4-3-5-12-22)28(17-20-9-7-13-23(15-20)31-2)24(29)16-19-8-6-10-21(26)14-19/h6-10,13-15,18,22H,3-5,11-12,16-17H2,1-2H3,(H,27,30)/t18-/m1/s1. The molecule has 1 fully saturated rings. The first-order chi connectivity index (χ1) is 15.0. The molecule has 1 aliphatic rings. The van der Waals surface area contributed by atoms with Gasteiger partial charge in [0.05, 0.1) is 13.5 Å². The van der Waals surface area contributed by atoms with Gasteiger partial charge in [-0.05, 0) is 55.2 Å². The molecule has 2 aromatic carbocycles. The zero-order valence-electron chi connectivity index (χ0n) is 18.3. The smallest absolute Gasteiger partial charge is 0.242 e. The van der Waals surface area contributed by atoms with Crippen molar-refractivity contribution in [3.63, 3.8) is 0 Å². The molecule has 0 saturated heterocycles. The Kier molecular flexibility index (Phi) is 8.35. The van der Waals surface area contributed by atoms with Crippen LogP contribution in [0.1, 0.15) is 50.2 Å². The molecular weight excluding hydrogens is 412 g/mol. The number of nitrogens with zero attached hydrogens (tertiary/aromatic N) is 1. The number of carbonyl (C=O) groups excluding carboxylic acids is 2. The second-order valence-corrected chi connectivity index (χ2v) is 8.64. The predicted octanol–water partition coefficient (Wildman–Crippen LogP) is 4.76. The molecule has 6 heteroatoms. The molecule has 5 nitrogen and oxygen atoms in total. The minimum atomic E-state index is -0.584. The van der Waals surface area contributed by atoms with Crippen molar-refractivity contribution < 1.29 is 14.3 Å². The van der Waals surface area contributed by atoms with Crippen LogP contribution >= 0.6 is 11.6 Å². The van der Waals surface area contributed by atoms with E-state index in [2.05, 4.69) is 5.32 Å². The molecule has 1 saturated carbocycles. The Morgan fingerprint density at radius 1 is 1.10 bits per heavy atom. The van der Waals surface area contributed by atoms with Crippen molar-refractivity contribution in [2.24, 2.45) is 0 Å². The summed E-state index contributed by atoms with van der Waals surface area (Å²) in [6.45, 7) is 2.13. The van der Waals surface area contributed by atoms with Gasteiger partial charge < -0.3 is 15.0 Å². The number of rotatable bonds is 8. The zero-order valence-corrected chi connectivity index (χ0v) is 19.0. The quantitative estimate of drug-likeness (QED) is 0.641. The molecule has 0 aromatic heterocycles. The highest BCUT2D eigenvalue weighted by Crippen LogP contribution is 2.20. The Morgan fingerprint density at radius 2 is 1.81 bits per heavy atom. The summed E-state index contributed by atoms with van der Waals surface area (Å²) < 4.78 is 5.32. The molecule has 1 atom stereocenters. The van der Waals surface area contributed by atoms with Gasteiger partial charge in [-0.2, -0.15) is 0 Å². The lowest BCUT2D eigenvalue weighted by molar-refractivity contribution is -0.140. The molecule has 31 heavy (non-hydrogen) atoms. The number of hydrogen-bond acceptors (Lipinski definition) is 3. The van der Waals surface area contributed by atoms with Crippen LogP contribution in [0.4, 0.5) is 0 Å². The highest BCUT2D eigenvalue weighted by atomic mass is 35.5. The Morgan fingerprint density at radius 3 is 2.52 bits per heavy atom. The topological polar surface area (TPSA) is 58.6 Å². The second-order valence-electron chi connectivity index (χ2n) is 8.20. The van der Waals surface area contributed by atoms with Crippen molar-refractivity contribution in [1.29, 1.82) is 0 Å². The van der Waals surface area contributed by atoms with E-state index in [0.29, 0.717) is 11.6 Å². The van der Waals surface area contributed by atoms with Gasteiger partial charge in [0.1, 0.15) is 11.8 Å². The highest BCUT2D eigenvalue weighted by molar-refractivity contribution is 6.30. The molecule has 1 N–H and O–H groups in total. The zero-order chi connectivity index (χ0) is 22.2. The third-order valence-electron chi connectivity index (χ3n) is 5.85. The van der Waals surface area contributed by atoms with E-state index in [1.165, 1.54) is 6.42 Å². The van der Waals surface area contributed by atoms with E-state index in [0.717, 1.165) is 42.6 Å². The molecule has 0 aliphatic heterocycles. The number of ether oxygens (including phenoxy) is 1. The molecule has 0 bridgehead atoms. The number of halogens is 1. The Labute approximate surface area is 189 Å². The van der Waals surface area contributed by atoms with E-state index in [1.54, 1.807) is 31.1 Å². The van der Waals surface area contributed by atoms with Gasteiger partial charge in [-0.3, -0.25) is 9.59 Å². The SMILES string of the molecule is COc1cccc(CN(C(=O)Cc2cccc(Cl)c2)[C@H](C)C(=O)NC2CCCCC2)c1. The highest BCUT2D eigenvalue weighted by Gasteiger charge is 2.28. The number of methoxy groups -OCH3 is 1. The first-order valence-corrected chi connectivity index (χ1v) is 11.3. The average molecular weight is 443 g/mol. The van der Waals surface area contributed by atoms with Crippen LogP contribution in [-0.2, 0) is 22.6 Å². The van der Waals surface area contributed by atoms with E-state index in [1.807, 2.05) is 36.4 Å². The molecule has 1 aliphatic carbocycles. The van der Waals surface area contributed by atoms with Crippen LogP contribution in [0.25, 0.3) is 0 Å². The molecule has 0 radical (unpaired) electrons. The molecule has 2 amide bonds. The van der Waals surface area contributed by atoms with Crippen molar-refractivity contribution in [2.75, 3.05) is 7.11 Å². The molecule has 2 aromatic rings. The molecule has 166 valence electrons. The summed E-state index contributed by atoms with van der Waals surface area (Å²) in [5.74, 6) is 0.504. The van der Waals surface area contributed by atoms with Gasteiger partial charge in [-0.1, -0.05) is 55.1 Å². The van der Waals surface area contributed by atoms with Crippen LogP contribution in [-0.4, -0.2) is 35.9 Å². The maximum atomic E-state index is 13.3. The summed E-state index contributed by atoms with van der Waals surface area (Å²) in [6.07, 6.45) is 5.70. The molecular formula is C25H31ClN2O3. The first-order valence-electron chi connectivity index (χ1n) is 10.9. The van der Waals surface area contributed by atoms with Crippen molar-refractivity contribution >= 4 is 23.4 Å². The monoisotopic (exact) mass is 442 g/mol. The normalized spacial score (nSPS) is 15.2. The van der Waals surface area contributed by atoms with Gasteiger partial charge in [0.25, 0.3) is 0 Å². The largest absolute Gasteiger partial charge is 0.497 e. The minimum Gasteiger partial charge on any atom is -0.497 e. The average Bonchev–Trinajstić information content (AvgIpc) is 2.77. The van der Waals surface area contributed by atoms with Crippen LogP contribution in [0, 0.1) is 0 Å². The Balaban J connectivity index is 1.77. The molecule has 0 spiro atoms. The van der Waals surface area contributed by atoms with Crippen molar-refractivity contribution in [2.45, 2.75) is 64.1 Å². The maximum absolute atomic E-state index is 13.3. The van der Waals surface area contributed by atoms with Crippen LogP contribution in [0.15, 0.2) is 48.5 Å². The third-order valence-corrected chi connectivity index (χ3v) is 6.09. The maximum Gasteiger partial charge on any atom is 0.242 e. The van der Waals surface area contributed by atoms with Crippen LogP contribution < -0.4 is 10.1 Å². The van der Waals surface area contributed by atoms with Crippen LogP contribution in [0.5, 0.6) is 5.75 Å². The van der Waals surface area contributed by atoms with E-state index >= 15 is 0 Å².